The maximum Gasteiger partial charge on any atom is 0.0870 e. The molecule has 13 heavy (non-hydrogen) atoms. The zero-order valence-electron chi connectivity index (χ0n) is 8.16. The van der Waals surface area contributed by atoms with E-state index in [1.54, 1.807) is 0 Å². The highest BCUT2D eigenvalue weighted by Gasteiger charge is 2.18. The number of nitrogens with two attached hydrogens (primary N) is 1. The first-order chi connectivity index (χ1) is 6.22. The molecule has 2 N–H and O–H groups in total. The van der Waals surface area contributed by atoms with Crippen molar-refractivity contribution in [1.29, 1.82) is 0 Å². The second kappa shape index (κ2) is 5.52. The van der Waals surface area contributed by atoms with Crippen molar-refractivity contribution in [2.45, 2.75) is 13.3 Å². The first-order valence-electron chi connectivity index (χ1n) is 4.80. The Hall–Kier alpha value is -0.190. The van der Waals surface area contributed by atoms with Crippen LogP contribution in [-0.4, -0.2) is 42.7 Å². The molecular weight excluding hydrogens is 184 g/mol. The lowest BCUT2D eigenvalue weighted by Crippen LogP contribution is -2.36. The van der Waals surface area contributed by atoms with Gasteiger partial charge in [-0.2, -0.15) is 0 Å². The van der Waals surface area contributed by atoms with Gasteiger partial charge in [0.2, 0.25) is 0 Å². The van der Waals surface area contributed by atoms with Gasteiger partial charge in [0.25, 0.3) is 0 Å². The van der Waals surface area contributed by atoms with Gasteiger partial charge in [0.1, 0.15) is 0 Å². The van der Waals surface area contributed by atoms with E-state index >= 15 is 0 Å². The lowest BCUT2D eigenvalue weighted by atomic mass is 10.1. The number of hydrogen-bond acceptors (Lipinski definition) is 3. The molecule has 1 aliphatic heterocycles. The van der Waals surface area contributed by atoms with E-state index in [0.717, 1.165) is 32.8 Å². The Morgan fingerprint density at radius 3 is 2.92 bits per heavy atom. The maximum atomic E-state index is 5.50. The van der Waals surface area contributed by atoms with Crippen molar-refractivity contribution in [3.8, 4) is 0 Å². The standard InChI is InChI=1S/C9H18N2OS/c1-2-11(6-9(10)13)5-8-3-4-12-7-8/h8H,2-7H2,1H3,(H2,10,13). The van der Waals surface area contributed by atoms with E-state index in [1.165, 1.54) is 6.42 Å². The van der Waals surface area contributed by atoms with Crippen molar-refractivity contribution >= 4 is 17.2 Å². The van der Waals surface area contributed by atoms with Gasteiger partial charge in [-0.15, -0.1) is 0 Å². The van der Waals surface area contributed by atoms with Crippen LogP contribution in [0.15, 0.2) is 0 Å². The van der Waals surface area contributed by atoms with Crippen LogP contribution in [0.1, 0.15) is 13.3 Å². The van der Waals surface area contributed by atoms with E-state index in [0.29, 0.717) is 10.9 Å². The average molecular weight is 202 g/mol. The second-order valence-corrected chi connectivity index (χ2v) is 4.05. The lowest BCUT2D eigenvalue weighted by molar-refractivity contribution is 0.173. The summed E-state index contributed by atoms with van der Waals surface area (Å²) in [7, 11) is 0. The zero-order valence-corrected chi connectivity index (χ0v) is 8.98. The number of nitrogens with zero attached hydrogens (tertiary/aromatic N) is 1. The number of ether oxygens (including phenoxy) is 1. The summed E-state index contributed by atoms with van der Waals surface area (Å²) in [6.45, 7) is 6.75. The molecule has 0 aliphatic carbocycles. The van der Waals surface area contributed by atoms with Crippen molar-refractivity contribution in [1.82, 2.24) is 4.90 Å². The third-order valence-corrected chi connectivity index (χ3v) is 2.50. The number of thiocarbonyl (C=S) groups is 1. The smallest absolute Gasteiger partial charge is 0.0870 e. The van der Waals surface area contributed by atoms with Gasteiger partial charge in [0.15, 0.2) is 0 Å². The van der Waals surface area contributed by atoms with Crippen molar-refractivity contribution in [2.24, 2.45) is 11.7 Å². The predicted molar refractivity (Wildman–Crippen MR) is 57.8 cm³/mol. The molecule has 0 aromatic carbocycles. The summed E-state index contributed by atoms with van der Waals surface area (Å²) < 4.78 is 5.32. The molecule has 3 nitrogen and oxygen atoms in total. The van der Waals surface area contributed by atoms with Crippen LogP contribution in [0.3, 0.4) is 0 Å². The highest BCUT2D eigenvalue weighted by molar-refractivity contribution is 7.80. The SMILES string of the molecule is CCN(CC(N)=S)CC1CCOC1. The summed E-state index contributed by atoms with van der Waals surface area (Å²) in [6.07, 6.45) is 1.17. The molecule has 1 unspecified atom stereocenters. The summed E-state index contributed by atoms with van der Waals surface area (Å²) in [5.74, 6) is 0.675. The molecule has 1 aliphatic rings. The summed E-state index contributed by atoms with van der Waals surface area (Å²) in [5.41, 5.74) is 5.50. The highest BCUT2D eigenvalue weighted by atomic mass is 32.1. The van der Waals surface area contributed by atoms with Gasteiger partial charge in [-0.05, 0) is 18.9 Å². The Morgan fingerprint density at radius 1 is 1.69 bits per heavy atom. The summed E-state index contributed by atoms with van der Waals surface area (Å²) in [6, 6.07) is 0. The molecule has 0 radical (unpaired) electrons. The van der Waals surface area contributed by atoms with Gasteiger partial charge < -0.3 is 10.5 Å². The molecule has 0 bridgehead atoms. The lowest BCUT2D eigenvalue weighted by Gasteiger charge is -2.22. The van der Waals surface area contributed by atoms with Gasteiger partial charge >= 0.3 is 0 Å². The third kappa shape index (κ3) is 4.02. The fourth-order valence-electron chi connectivity index (χ4n) is 1.62. The average Bonchev–Trinajstić information content (AvgIpc) is 2.55. The van der Waals surface area contributed by atoms with Gasteiger partial charge in [-0.3, -0.25) is 4.90 Å². The molecule has 1 atom stereocenters. The number of likely N-dealkylation sites (N-methyl/N-ethyl adjacent to an activating group) is 1. The molecular formula is C9H18N2OS. The van der Waals surface area contributed by atoms with Crippen LogP contribution in [0, 0.1) is 5.92 Å². The van der Waals surface area contributed by atoms with Gasteiger partial charge in [-0.1, -0.05) is 19.1 Å². The summed E-state index contributed by atoms with van der Waals surface area (Å²) in [4.78, 5) is 2.86. The zero-order chi connectivity index (χ0) is 9.68. The molecule has 0 saturated carbocycles. The molecule has 1 heterocycles. The van der Waals surface area contributed by atoms with Gasteiger partial charge in [-0.25, -0.2) is 0 Å². The van der Waals surface area contributed by atoms with Crippen LogP contribution in [0.25, 0.3) is 0 Å². The Kier molecular flexibility index (Phi) is 4.62. The van der Waals surface area contributed by atoms with E-state index in [1.807, 2.05) is 0 Å². The molecule has 1 rings (SSSR count). The minimum Gasteiger partial charge on any atom is -0.392 e. The van der Waals surface area contributed by atoms with E-state index in [4.69, 9.17) is 22.7 Å². The van der Waals surface area contributed by atoms with E-state index < -0.39 is 0 Å². The molecule has 0 aromatic heterocycles. The first kappa shape index (κ1) is 10.9. The van der Waals surface area contributed by atoms with Crippen LogP contribution in [-0.2, 0) is 4.74 Å². The van der Waals surface area contributed by atoms with E-state index in [2.05, 4.69) is 11.8 Å². The fourth-order valence-corrected chi connectivity index (χ4v) is 1.80. The fraction of sp³-hybridized carbons (Fsp3) is 0.889. The monoisotopic (exact) mass is 202 g/mol. The Labute approximate surface area is 85.2 Å². The van der Waals surface area contributed by atoms with Crippen LogP contribution in [0.2, 0.25) is 0 Å². The molecule has 0 aromatic rings. The summed E-state index contributed by atoms with van der Waals surface area (Å²) in [5, 5.41) is 0. The predicted octanol–water partition coefficient (Wildman–Crippen LogP) is 0.631. The van der Waals surface area contributed by atoms with Crippen LogP contribution >= 0.6 is 12.2 Å². The normalized spacial score (nSPS) is 22.5. The molecule has 1 saturated heterocycles. The number of hydrogen-bond donors (Lipinski definition) is 1. The Balaban J connectivity index is 2.25. The molecule has 76 valence electrons. The van der Waals surface area contributed by atoms with Crippen LogP contribution in [0.5, 0.6) is 0 Å². The van der Waals surface area contributed by atoms with E-state index in [-0.39, 0.29) is 0 Å². The Morgan fingerprint density at radius 2 is 2.46 bits per heavy atom. The minimum absolute atomic E-state index is 0.584. The maximum absolute atomic E-state index is 5.50. The van der Waals surface area contributed by atoms with Gasteiger partial charge in [0.05, 0.1) is 11.6 Å². The van der Waals surface area contributed by atoms with Crippen molar-refractivity contribution in [2.75, 3.05) is 32.8 Å². The largest absolute Gasteiger partial charge is 0.392 e. The molecule has 4 heteroatoms. The van der Waals surface area contributed by atoms with Crippen molar-refractivity contribution in [3.05, 3.63) is 0 Å². The number of rotatable bonds is 5. The molecule has 1 fully saturated rings. The summed E-state index contributed by atoms with van der Waals surface area (Å²) >= 11 is 4.88. The highest BCUT2D eigenvalue weighted by Crippen LogP contribution is 2.13. The van der Waals surface area contributed by atoms with Crippen LogP contribution < -0.4 is 5.73 Å². The van der Waals surface area contributed by atoms with E-state index in [9.17, 15) is 0 Å². The van der Waals surface area contributed by atoms with Crippen molar-refractivity contribution < 1.29 is 4.74 Å². The minimum atomic E-state index is 0.584. The Bertz CT molecular complexity index is 169. The molecule has 0 amide bonds. The third-order valence-electron chi connectivity index (χ3n) is 2.37. The van der Waals surface area contributed by atoms with Gasteiger partial charge in [0, 0.05) is 19.7 Å². The first-order valence-corrected chi connectivity index (χ1v) is 5.21. The van der Waals surface area contributed by atoms with Crippen molar-refractivity contribution in [3.63, 3.8) is 0 Å². The topological polar surface area (TPSA) is 38.5 Å². The second-order valence-electron chi connectivity index (χ2n) is 3.52. The molecule has 0 spiro atoms. The van der Waals surface area contributed by atoms with Crippen LogP contribution in [0.4, 0.5) is 0 Å². The quantitative estimate of drug-likeness (QED) is 0.664.